The van der Waals surface area contributed by atoms with Gasteiger partial charge in [-0.1, -0.05) is 45.9 Å². The predicted molar refractivity (Wildman–Crippen MR) is 93.6 cm³/mol. The first kappa shape index (κ1) is 16.5. The smallest absolute Gasteiger partial charge is 0.406 e. The second-order valence-corrected chi connectivity index (χ2v) is 7.91. The molecule has 1 aromatic heterocycles. The molecule has 1 unspecified atom stereocenters. The van der Waals surface area contributed by atoms with E-state index in [1.165, 1.54) is 12.1 Å². The van der Waals surface area contributed by atoms with Gasteiger partial charge in [-0.15, -0.1) is 13.2 Å². The highest BCUT2D eigenvalue weighted by Crippen LogP contribution is 2.49. The molecule has 3 aromatic rings. The van der Waals surface area contributed by atoms with Crippen LogP contribution >= 0.6 is 27.7 Å². The highest BCUT2D eigenvalue weighted by atomic mass is 79.9. The van der Waals surface area contributed by atoms with Gasteiger partial charge in [-0.25, -0.2) is 4.98 Å². The lowest BCUT2D eigenvalue weighted by molar-refractivity contribution is -0.274. The SMILES string of the molecule is FC(F)(F)Oc1ccc(-c2cnc3n2C(Br)Sc2ccccc2-3)cc1. The first-order chi connectivity index (χ1) is 11.9. The molecule has 2 heterocycles. The fourth-order valence-electron chi connectivity index (χ4n) is 2.72. The van der Waals surface area contributed by atoms with E-state index in [0.29, 0.717) is 0 Å². The molecule has 0 spiro atoms. The summed E-state index contributed by atoms with van der Waals surface area (Å²) in [5.74, 6) is 0.576. The van der Waals surface area contributed by atoms with Crippen LogP contribution in [0.25, 0.3) is 22.6 Å². The van der Waals surface area contributed by atoms with Crippen LogP contribution in [0.15, 0.2) is 59.6 Å². The zero-order valence-corrected chi connectivity index (χ0v) is 14.9. The molecule has 0 bridgehead atoms. The number of benzene rings is 2. The molecule has 8 heteroatoms. The number of halogens is 4. The third-order valence-corrected chi connectivity index (χ3v) is 5.72. The number of nitrogens with zero attached hydrogens (tertiary/aromatic N) is 2. The fraction of sp³-hybridized carbons (Fsp3) is 0.118. The Morgan fingerprint density at radius 3 is 2.52 bits per heavy atom. The average molecular weight is 427 g/mol. The summed E-state index contributed by atoms with van der Waals surface area (Å²) in [6.07, 6.45) is -2.97. The van der Waals surface area contributed by atoms with Crippen molar-refractivity contribution in [1.29, 1.82) is 0 Å². The Hall–Kier alpha value is -1.93. The van der Waals surface area contributed by atoms with E-state index in [4.69, 9.17) is 0 Å². The molecule has 25 heavy (non-hydrogen) atoms. The maximum Gasteiger partial charge on any atom is 0.573 e. The van der Waals surface area contributed by atoms with Crippen molar-refractivity contribution in [3.8, 4) is 28.4 Å². The van der Waals surface area contributed by atoms with E-state index >= 15 is 0 Å². The van der Waals surface area contributed by atoms with Crippen molar-refractivity contribution in [2.24, 2.45) is 0 Å². The molecule has 0 saturated heterocycles. The molecule has 4 rings (SSSR count). The number of fused-ring (bicyclic) bond motifs is 3. The summed E-state index contributed by atoms with van der Waals surface area (Å²) in [6, 6.07) is 13.8. The van der Waals surface area contributed by atoms with E-state index in [2.05, 4.69) is 25.7 Å². The maximum absolute atomic E-state index is 12.3. The van der Waals surface area contributed by atoms with E-state index in [0.717, 1.165) is 27.5 Å². The Morgan fingerprint density at radius 2 is 1.80 bits per heavy atom. The molecule has 0 aliphatic carbocycles. The largest absolute Gasteiger partial charge is 0.573 e. The number of alkyl halides is 4. The van der Waals surface area contributed by atoms with Gasteiger partial charge in [0.15, 0.2) is 0 Å². The highest BCUT2D eigenvalue weighted by Gasteiger charge is 2.31. The Kier molecular flexibility index (Phi) is 4.04. The molecular formula is C17H10BrF3N2OS. The molecular weight excluding hydrogens is 417 g/mol. The van der Waals surface area contributed by atoms with Crippen LogP contribution in [-0.4, -0.2) is 15.9 Å². The van der Waals surface area contributed by atoms with Crippen molar-refractivity contribution in [2.45, 2.75) is 15.5 Å². The number of thioether (sulfide) groups is 1. The minimum atomic E-state index is -4.70. The molecule has 0 radical (unpaired) electrons. The van der Waals surface area contributed by atoms with Crippen LogP contribution in [0, 0.1) is 0 Å². The summed E-state index contributed by atoms with van der Waals surface area (Å²) < 4.78 is 42.7. The summed E-state index contributed by atoms with van der Waals surface area (Å²) in [4.78, 5) is 5.64. The van der Waals surface area contributed by atoms with Crippen LogP contribution in [0.2, 0.25) is 0 Å². The molecule has 0 saturated carbocycles. The van der Waals surface area contributed by atoms with Crippen molar-refractivity contribution >= 4 is 27.7 Å². The van der Waals surface area contributed by atoms with Gasteiger partial charge in [-0.3, -0.25) is 0 Å². The summed E-state index contributed by atoms with van der Waals surface area (Å²) >= 11 is 5.30. The summed E-state index contributed by atoms with van der Waals surface area (Å²) in [5, 5.41) is 0. The van der Waals surface area contributed by atoms with Crippen molar-refractivity contribution in [3.63, 3.8) is 0 Å². The monoisotopic (exact) mass is 426 g/mol. The number of hydrogen-bond donors (Lipinski definition) is 0. The Morgan fingerprint density at radius 1 is 1.08 bits per heavy atom. The van der Waals surface area contributed by atoms with Gasteiger partial charge in [0.05, 0.1) is 11.9 Å². The second-order valence-electron chi connectivity index (χ2n) is 5.32. The van der Waals surface area contributed by atoms with Crippen molar-refractivity contribution in [2.75, 3.05) is 0 Å². The first-order valence-corrected chi connectivity index (χ1v) is 9.05. The van der Waals surface area contributed by atoms with E-state index < -0.39 is 6.36 Å². The number of imidazole rings is 1. The molecule has 0 amide bonds. The molecule has 1 atom stereocenters. The minimum Gasteiger partial charge on any atom is -0.406 e. The second kappa shape index (κ2) is 6.10. The molecule has 0 fully saturated rings. The first-order valence-electron chi connectivity index (χ1n) is 7.26. The van der Waals surface area contributed by atoms with Gasteiger partial charge in [-0.2, -0.15) is 0 Å². The fourth-order valence-corrected chi connectivity index (χ4v) is 4.71. The van der Waals surface area contributed by atoms with E-state index in [1.807, 2.05) is 28.8 Å². The van der Waals surface area contributed by atoms with E-state index in [1.54, 1.807) is 30.1 Å². The van der Waals surface area contributed by atoms with Crippen LogP contribution in [0.1, 0.15) is 4.28 Å². The molecule has 2 aromatic carbocycles. The number of hydrogen-bond acceptors (Lipinski definition) is 3. The van der Waals surface area contributed by atoms with Crippen molar-refractivity contribution in [3.05, 3.63) is 54.7 Å². The predicted octanol–water partition coefficient (Wildman–Crippen LogP) is 6.07. The summed E-state index contributed by atoms with van der Waals surface area (Å²) in [7, 11) is 0. The van der Waals surface area contributed by atoms with Crippen LogP contribution in [-0.2, 0) is 0 Å². The van der Waals surface area contributed by atoms with E-state index in [9.17, 15) is 13.2 Å². The zero-order chi connectivity index (χ0) is 17.6. The quantitative estimate of drug-likeness (QED) is 0.465. The maximum atomic E-state index is 12.3. The van der Waals surface area contributed by atoms with Gasteiger partial charge in [0.2, 0.25) is 0 Å². The topological polar surface area (TPSA) is 27.1 Å². The van der Waals surface area contributed by atoms with Crippen molar-refractivity contribution in [1.82, 2.24) is 9.55 Å². The van der Waals surface area contributed by atoms with Crippen LogP contribution < -0.4 is 4.74 Å². The Bertz CT molecular complexity index is 924. The molecule has 128 valence electrons. The van der Waals surface area contributed by atoms with Crippen molar-refractivity contribution < 1.29 is 17.9 Å². The number of ether oxygens (including phenoxy) is 1. The Labute approximate surface area is 154 Å². The number of aromatic nitrogens is 2. The van der Waals surface area contributed by atoms with Gasteiger partial charge in [0, 0.05) is 16.0 Å². The standard InChI is InChI=1S/C17H10BrF3N2OS/c18-16-23-13(10-5-7-11(8-6-10)24-17(19,20)21)9-22-15(23)12-3-1-2-4-14(12)25-16/h1-9,16H. The average Bonchev–Trinajstić information content (AvgIpc) is 3.00. The normalized spacial score (nSPS) is 16.2. The molecule has 0 N–H and O–H groups in total. The van der Waals surface area contributed by atoms with Gasteiger partial charge in [0.1, 0.15) is 15.9 Å². The lowest BCUT2D eigenvalue weighted by Gasteiger charge is -2.24. The van der Waals surface area contributed by atoms with Crippen LogP contribution in [0.3, 0.4) is 0 Å². The van der Waals surface area contributed by atoms with Gasteiger partial charge in [-0.05, 0) is 30.3 Å². The van der Waals surface area contributed by atoms with Gasteiger partial charge >= 0.3 is 6.36 Å². The summed E-state index contributed by atoms with van der Waals surface area (Å²) in [6.45, 7) is 0. The van der Waals surface area contributed by atoms with Crippen LogP contribution in [0.4, 0.5) is 13.2 Å². The van der Waals surface area contributed by atoms with Crippen LogP contribution in [0.5, 0.6) is 5.75 Å². The lowest BCUT2D eigenvalue weighted by atomic mass is 10.1. The molecule has 3 nitrogen and oxygen atoms in total. The highest BCUT2D eigenvalue weighted by molar-refractivity contribution is 9.11. The Balaban J connectivity index is 1.73. The van der Waals surface area contributed by atoms with E-state index in [-0.39, 0.29) is 10.0 Å². The summed E-state index contributed by atoms with van der Waals surface area (Å²) in [5.41, 5.74) is 2.61. The lowest BCUT2D eigenvalue weighted by Crippen LogP contribution is -2.17. The minimum absolute atomic E-state index is 0.0546. The van der Waals surface area contributed by atoms with Gasteiger partial charge in [0.25, 0.3) is 0 Å². The third kappa shape index (κ3) is 3.16. The van der Waals surface area contributed by atoms with Gasteiger partial charge < -0.3 is 9.30 Å². The molecule has 1 aliphatic rings. The number of rotatable bonds is 2. The third-order valence-electron chi connectivity index (χ3n) is 3.74. The molecule has 1 aliphatic heterocycles. The zero-order valence-electron chi connectivity index (χ0n) is 12.5.